The maximum absolute atomic E-state index is 12.6. The first-order valence-electron chi connectivity index (χ1n) is 8.84. The molecule has 1 saturated heterocycles. The fourth-order valence-corrected chi connectivity index (χ4v) is 4.06. The standard InChI is InChI=1S/C17H26N6O3/c1-10-5-11(2)7-22(6-10)9-13-19-15-14(23(13)8-12(18)24)16(25)21(4)17(26)20(15)3/h10-11H,5-9H2,1-4H3,(H2,18,24)/t10-,11+. The molecular formula is C17H26N6O3. The molecule has 0 aromatic carbocycles. The van der Waals surface area contributed by atoms with Crippen molar-refractivity contribution in [2.24, 2.45) is 31.7 Å². The number of amides is 1. The third-order valence-corrected chi connectivity index (χ3v) is 5.05. The number of piperidine rings is 1. The number of fused-ring (bicyclic) bond motifs is 1. The molecule has 2 N–H and O–H groups in total. The molecule has 0 spiro atoms. The van der Waals surface area contributed by atoms with Gasteiger partial charge in [-0.3, -0.25) is 23.6 Å². The van der Waals surface area contributed by atoms with Crippen LogP contribution in [0.25, 0.3) is 11.2 Å². The highest BCUT2D eigenvalue weighted by Gasteiger charge is 2.25. The second-order valence-electron chi connectivity index (χ2n) is 7.60. The van der Waals surface area contributed by atoms with E-state index in [-0.39, 0.29) is 17.7 Å². The van der Waals surface area contributed by atoms with Crippen molar-refractivity contribution in [3.05, 3.63) is 26.7 Å². The van der Waals surface area contributed by atoms with E-state index in [0.29, 0.717) is 24.2 Å². The van der Waals surface area contributed by atoms with Crippen molar-refractivity contribution in [2.45, 2.75) is 33.4 Å². The summed E-state index contributed by atoms with van der Waals surface area (Å²) >= 11 is 0. The Morgan fingerprint density at radius 3 is 2.35 bits per heavy atom. The Labute approximate surface area is 151 Å². The summed E-state index contributed by atoms with van der Waals surface area (Å²) in [4.78, 5) is 43.2. The molecule has 2 aromatic rings. The van der Waals surface area contributed by atoms with Gasteiger partial charge >= 0.3 is 5.69 Å². The number of nitrogens with two attached hydrogens (primary N) is 1. The van der Waals surface area contributed by atoms with Gasteiger partial charge in [0.1, 0.15) is 12.4 Å². The highest BCUT2D eigenvalue weighted by molar-refractivity contribution is 5.78. The molecular weight excluding hydrogens is 336 g/mol. The summed E-state index contributed by atoms with van der Waals surface area (Å²) in [5, 5.41) is 0. The lowest BCUT2D eigenvalue weighted by molar-refractivity contribution is -0.118. The van der Waals surface area contributed by atoms with Crippen molar-refractivity contribution < 1.29 is 4.79 Å². The van der Waals surface area contributed by atoms with Crippen LogP contribution in [0.5, 0.6) is 0 Å². The highest BCUT2D eigenvalue weighted by Crippen LogP contribution is 2.23. The zero-order valence-electron chi connectivity index (χ0n) is 15.7. The van der Waals surface area contributed by atoms with E-state index in [2.05, 4.69) is 23.7 Å². The first-order valence-corrected chi connectivity index (χ1v) is 8.84. The number of aromatic nitrogens is 4. The van der Waals surface area contributed by atoms with Gasteiger partial charge in [0.05, 0.1) is 6.54 Å². The lowest BCUT2D eigenvalue weighted by Gasteiger charge is -2.34. The minimum absolute atomic E-state index is 0.141. The van der Waals surface area contributed by atoms with Crippen LogP contribution in [0.1, 0.15) is 26.1 Å². The van der Waals surface area contributed by atoms with Crippen molar-refractivity contribution in [2.75, 3.05) is 13.1 Å². The molecule has 26 heavy (non-hydrogen) atoms. The number of hydrogen-bond donors (Lipinski definition) is 1. The molecule has 3 rings (SSSR count). The van der Waals surface area contributed by atoms with Crippen LogP contribution in [0.2, 0.25) is 0 Å². The van der Waals surface area contributed by atoms with E-state index in [0.717, 1.165) is 17.7 Å². The topological polar surface area (TPSA) is 108 Å². The molecule has 9 nitrogen and oxygen atoms in total. The average Bonchev–Trinajstić information content (AvgIpc) is 2.88. The van der Waals surface area contributed by atoms with E-state index in [1.54, 1.807) is 11.6 Å². The number of aryl methyl sites for hydroxylation is 1. The van der Waals surface area contributed by atoms with E-state index in [1.165, 1.54) is 18.0 Å². The molecule has 0 aliphatic carbocycles. The van der Waals surface area contributed by atoms with Gasteiger partial charge < -0.3 is 10.3 Å². The smallest absolute Gasteiger partial charge is 0.332 e. The van der Waals surface area contributed by atoms with Crippen LogP contribution < -0.4 is 17.0 Å². The van der Waals surface area contributed by atoms with E-state index in [4.69, 9.17) is 5.73 Å². The fraction of sp³-hybridized carbons (Fsp3) is 0.647. The molecule has 0 bridgehead atoms. The largest absolute Gasteiger partial charge is 0.368 e. The van der Waals surface area contributed by atoms with Gasteiger partial charge in [0.15, 0.2) is 11.2 Å². The van der Waals surface area contributed by atoms with Crippen LogP contribution in [0, 0.1) is 11.8 Å². The number of hydrogen-bond acceptors (Lipinski definition) is 5. The Bertz CT molecular complexity index is 960. The van der Waals surface area contributed by atoms with Crippen molar-refractivity contribution in [1.29, 1.82) is 0 Å². The number of nitrogens with zero attached hydrogens (tertiary/aromatic N) is 5. The first kappa shape index (κ1) is 18.4. The van der Waals surface area contributed by atoms with Crippen molar-refractivity contribution in [3.63, 3.8) is 0 Å². The third-order valence-electron chi connectivity index (χ3n) is 5.05. The molecule has 2 atom stereocenters. The zero-order valence-corrected chi connectivity index (χ0v) is 15.7. The molecule has 0 radical (unpaired) electrons. The molecule has 1 amide bonds. The van der Waals surface area contributed by atoms with Gasteiger partial charge in [-0.2, -0.15) is 0 Å². The molecule has 3 heterocycles. The van der Waals surface area contributed by atoms with Crippen molar-refractivity contribution in [3.8, 4) is 0 Å². The zero-order chi connectivity index (χ0) is 19.2. The van der Waals surface area contributed by atoms with Crippen LogP contribution in [0.4, 0.5) is 0 Å². The Morgan fingerprint density at radius 1 is 1.15 bits per heavy atom. The SMILES string of the molecule is C[C@@H]1C[C@H](C)CN(Cc2nc3c(c(=O)n(C)c(=O)n3C)n2CC(N)=O)C1. The minimum atomic E-state index is -0.554. The molecule has 0 unspecified atom stereocenters. The van der Waals surface area contributed by atoms with Crippen molar-refractivity contribution >= 4 is 17.1 Å². The molecule has 1 fully saturated rings. The first-order chi connectivity index (χ1) is 12.2. The van der Waals surface area contributed by atoms with E-state index in [1.807, 2.05) is 0 Å². The Balaban J connectivity index is 2.14. The minimum Gasteiger partial charge on any atom is -0.368 e. The van der Waals surface area contributed by atoms with E-state index < -0.39 is 17.2 Å². The lowest BCUT2D eigenvalue weighted by Crippen LogP contribution is -2.39. The van der Waals surface area contributed by atoms with Gasteiger partial charge in [-0.25, -0.2) is 9.78 Å². The van der Waals surface area contributed by atoms with Crippen LogP contribution in [0.15, 0.2) is 9.59 Å². The average molecular weight is 362 g/mol. The summed E-state index contributed by atoms with van der Waals surface area (Å²) in [7, 11) is 2.99. The van der Waals surface area contributed by atoms with E-state index in [9.17, 15) is 14.4 Å². The van der Waals surface area contributed by atoms with Gasteiger partial charge in [-0.05, 0) is 18.3 Å². The summed E-state index contributed by atoms with van der Waals surface area (Å²) in [6, 6.07) is 0. The number of carbonyl (C=O) groups is 1. The quantitative estimate of drug-likeness (QED) is 0.781. The molecule has 142 valence electrons. The van der Waals surface area contributed by atoms with Crippen molar-refractivity contribution in [1.82, 2.24) is 23.6 Å². The number of likely N-dealkylation sites (tertiary alicyclic amines) is 1. The summed E-state index contributed by atoms with van der Waals surface area (Å²) in [5.74, 6) is 1.18. The summed E-state index contributed by atoms with van der Waals surface area (Å²) < 4.78 is 3.92. The second kappa shape index (κ2) is 6.71. The van der Waals surface area contributed by atoms with Gasteiger partial charge in [0, 0.05) is 27.2 Å². The maximum atomic E-state index is 12.6. The predicted molar refractivity (Wildman–Crippen MR) is 97.6 cm³/mol. The predicted octanol–water partition coefficient (Wildman–Crippen LogP) is -0.603. The monoisotopic (exact) mass is 362 g/mol. The van der Waals surface area contributed by atoms with Gasteiger partial charge in [-0.15, -0.1) is 0 Å². The molecule has 9 heteroatoms. The molecule has 1 aliphatic rings. The number of imidazole rings is 1. The summed E-state index contributed by atoms with van der Waals surface area (Å²) in [6.07, 6.45) is 1.18. The molecule has 0 saturated carbocycles. The second-order valence-corrected chi connectivity index (χ2v) is 7.60. The Morgan fingerprint density at radius 2 is 1.77 bits per heavy atom. The van der Waals surface area contributed by atoms with Crippen LogP contribution in [-0.4, -0.2) is 42.6 Å². The maximum Gasteiger partial charge on any atom is 0.332 e. The Hall–Kier alpha value is -2.42. The number of primary amides is 1. The van der Waals surface area contributed by atoms with E-state index >= 15 is 0 Å². The lowest BCUT2D eigenvalue weighted by atomic mass is 9.92. The number of rotatable bonds is 4. The Kier molecular flexibility index (Phi) is 4.74. The van der Waals surface area contributed by atoms with Crippen LogP contribution in [0.3, 0.4) is 0 Å². The van der Waals surface area contributed by atoms with Crippen LogP contribution >= 0.6 is 0 Å². The number of carbonyl (C=O) groups excluding carboxylic acids is 1. The molecule has 1 aliphatic heterocycles. The van der Waals surface area contributed by atoms with Crippen LogP contribution in [-0.2, 0) is 32.0 Å². The summed E-state index contributed by atoms with van der Waals surface area (Å²) in [5.41, 5.74) is 5.01. The highest BCUT2D eigenvalue weighted by atomic mass is 16.2. The molecule has 2 aromatic heterocycles. The summed E-state index contributed by atoms with van der Waals surface area (Å²) in [6.45, 7) is 6.66. The van der Waals surface area contributed by atoms with Gasteiger partial charge in [-0.1, -0.05) is 13.8 Å². The van der Waals surface area contributed by atoms with Gasteiger partial charge in [0.2, 0.25) is 5.91 Å². The normalized spacial score (nSPS) is 21.4. The van der Waals surface area contributed by atoms with Gasteiger partial charge in [0.25, 0.3) is 5.56 Å². The fourth-order valence-electron chi connectivity index (χ4n) is 4.06. The third kappa shape index (κ3) is 3.18.